The maximum Gasteiger partial charge on any atom is 0.223 e. The highest BCUT2D eigenvalue weighted by Crippen LogP contribution is 2.19. The topological polar surface area (TPSA) is 69.7 Å². The van der Waals surface area contributed by atoms with Crippen molar-refractivity contribution in [1.82, 2.24) is 14.5 Å². The first-order chi connectivity index (χ1) is 11.4. The summed E-state index contributed by atoms with van der Waals surface area (Å²) in [6.45, 7) is 10.9. The molecule has 0 radical (unpaired) electrons. The van der Waals surface area contributed by atoms with Gasteiger partial charge >= 0.3 is 0 Å². The molecule has 6 nitrogen and oxygen atoms in total. The van der Waals surface area contributed by atoms with Gasteiger partial charge in [0.2, 0.25) is 15.9 Å². The van der Waals surface area contributed by atoms with E-state index in [2.05, 4.69) is 24.1 Å². The summed E-state index contributed by atoms with van der Waals surface area (Å²) in [5.41, 5.74) is 0. The lowest BCUT2D eigenvalue weighted by Crippen LogP contribution is -2.43. The van der Waals surface area contributed by atoms with E-state index in [4.69, 9.17) is 0 Å². The molecule has 1 heterocycles. The van der Waals surface area contributed by atoms with Crippen LogP contribution in [0.4, 0.5) is 0 Å². The van der Waals surface area contributed by atoms with Crippen LogP contribution >= 0.6 is 0 Å². The lowest BCUT2D eigenvalue weighted by Gasteiger charge is -2.30. The van der Waals surface area contributed by atoms with Crippen molar-refractivity contribution in [2.75, 3.05) is 45.0 Å². The van der Waals surface area contributed by atoms with E-state index in [1.807, 2.05) is 0 Å². The maximum absolute atomic E-state index is 12.2. The smallest absolute Gasteiger partial charge is 0.223 e. The molecule has 1 fully saturated rings. The van der Waals surface area contributed by atoms with E-state index in [9.17, 15) is 13.2 Å². The van der Waals surface area contributed by atoms with E-state index in [0.717, 1.165) is 26.1 Å². The van der Waals surface area contributed by atoms with Crippen LogP contribution in [0.3, 0.4) is 0 Å². The Morgan fingerprint density at radius 2 is 1.75 bits per heavy atom. The normalized spacial score (nSPS) is 17.3. The number of sulfonamides is 1. The van der Waals surface area contributed by atoms with Crippen molar-refractivity contribution >= 4 is 15.9 Å². The van der Waals surface area contributed by atoms with Crippen LogP contribution in [0, 0.1) is 5.92 Å². The molecule has 0 aromatic carbocycles. The lowest BCUT2D eigenvalue weighted by atomic mass is 9.97. The summed E-state index contributed by atoms with van der Waals surface area (Å²) >= 11 is 0. The molecule has 7 heteroatoms. The third-order valence-electron chi connectivity index (χ3n) is 4.81. The molecule has 0 aromatic heterocycles. The highest BCUT2D eigenvalue weighted by molar-refractivity contribution is 7.89. The Hall–Kier alpha value is -0.660. The molecular weight excluding hydrogens is 326 g/mol. The summed E-state index contributed by atoms with van der Waals surface area (Å²) < 4.78 is 25.2. The fourth-order valence-corrected chi connectivity index (χ4v) is 4.18. The number of piperidine rings is 1. The zero-order valence-corrected chi connectivity index (χ0v) is 16.4. The monoisotopic (exact) mass is 361 g/mol. The molecule has 1 saturated heterocycles. The van der Waals surface area contributed by atoms with E-state index in [-0.39, 0.29) is 17.6 Å². The number of nitrogens with one attached hydrogen (secondary N) is 1. The SMILES string of the molecule is CCCCN(CC)CCCNC(=O)C1CCN(S(=O)(=O)CC)CC1. The van der Waals surface area contributed by atoms with Crippen molar-refractivity contribution < 1.29 is 13.2 Å². The lowest BCUT2D eigenvalue weighted by molar-refractivity contribution is -0.126. The molecule has 24 heavy (non-hydrogen) atoms. The average Bonchev–Trinajstić information content (AvgIpc) is 2.61. The van der Waals surface area contributed by atoms with Gasteiger partial charge in [-0.3, -0.25) is 4.79 Å². The molecule has 1 aliphatic rings. The molecule has 0 unspecified atom stereocenters. The van der Waals surface area contributed by atoms with Gasteiger partial charge in [-0.25, -0.2) is 12.7 Å². The summed E-state index contributed by atoms with van der Waals surface area (Å²) in [4.78, 5) is 14.6. The second-order valence-electron chi connectivity index (χ2n) is 6.51. The second kappa shape index (κ2) is 11.1. The van der Waals surface area contributed by atoms with Gasteiger partial charge in [0, 0.05) is 25.6 Å². The van der Waals surface area contributed by atoms with E-state index in [1.165, 1.54) is 17.1 Å². The molecular formula is C17H35N3O3S. The Morgan fingerprint density at radius 1 is 1.12 bits per heavy atom. The number of rotatable bonds is 11. The minimum absolute atomic E-state index is 0.0457. The number of carbonyl (C=O) groups excluding carboxylic acids is 1. The highest BCUT2D eigenvalue weighted by atomic mass is 32.2. The van der Waals surface area contributed by atoms with Gasteiger partial charge in [0.1, 0.15) is 0 Å². The summed E-state index contributed by atoms with van der Waals surface area (Å²) in [7, 11) is -3.12. The van der Waals surface area contributed by atoms with Gasteiger partial charge < -0.3 is 10.2 Å². The van der Waals surface area contributed by atoms with Gasteiger partial charge in [-0.1, -0.05) is 20.3 Å². The number of hydrogen-bond acceptors (Lipinski definition) is 4. The van der Waals surface area contributed by atoms with E-state index in [0.29, 0.717) is 32.5 Å². The fourth-order valence-electron chi connectivity index (χ4n) is 3.05. The Kier molecular flexibility index (Phi) is 9.85. The fraction of sp³-hybridized carbons (Fsp3) is 0.941. The molecule has 0 bridgehead atoms. The van der Waals surface area contributed by atoms with Crippen LogP contribution in [-0.2, 0) is 14.8 Å². The van der Waals surface area contributed by atoms with Crippen LogP contribution in [0.2, 0.25) is 0 Å². The van der Waals surface area contributed by atoms with Crippen molar-refractivity contribution in [3.8, 4) is 0 Å². The quantitative estimate of drug-likeness (QED) is 0.569. The van der Waals surface area contributed by atoms with Crippen LogP contribution in [0.25, 0.3) is 0 Å². The Morgan fingerprint density at radius 3 is 2.29 bits per heavy atom. The van der Waals surface area contributed by atoms with Crippen LogP contribution in [0.15, 0.2) is 0 Å². The van der Waals surface area contributed by atoms with E-state index in [1.54, 1.807) is 6.92 Å². The van der Waals surface area contributed by atoms with Crippen LogP contribution in [-0.4, -0.2) is 68.6 Å². The Labute approximate surface area is 148 Å². The standard InChI is InChI=1S/C17H35N3O3S/c1-4-7-12-19(5-2)13-8-11-18-17(21)16-9-14-20(15-10-16)24(22,23)6-3/h16H,4-15H2,1-3H3,(H,18,21). The highest BCUT2D eigenvalue weighted by Gasteiger charge is 2.29. The summed E-state index contributed by atoms with van der Waals surface area (Å²) in [6.07, 6.45) is 4.65. The zero-order chi connectivity index (χ0) is 18.0. The predicted octanol–water partition coefficient (Wildman–Crippen LogP) is 1.68. The number of hydrogen-bond donors (Lipinski definition) is 1. The molecule has 142 valence electrons. The molecule has 0 aliphatic carbocycles. The predicted molar refractivity (Wildman–Crippen MR) is 98.4 cm³/mol. The summed E-state index contributed by atoms with van der Waals surface area (Å²) in [5, 5.41) is 3.02. The molecule has 0 atom stereocenters. The zero-order valence-electron chi connectivity index (χ0n) is 15.6. The third kappa shape index (κ3) is 7.07. The molecule has 0 saturated carbocycles. The van der Waals surface area contributed by atoms with Crippen LogP contribution < -0.4 is 5.32 Å². The molecule has 1 rings (SSSR count). The van der Waals surface area contributed by atoms with Crippen molar-refractivity contribution in [3.05, 3.63) is 0 Å². The Balaban J connectivity index is 2.23. The van der Waals surface area contributed by atoms with Crippen LogP contribution in [0.5, 0.6) is 0 Å². The third-order valence-corrected chi connectivity index (χ3v) is 6.69. The summed E-state index contributed by atoms with van der Waals surface area (Å²) in [6, 6.07) is 0. The van der Waals surface area contributed by atoms with Crippen LogP contribution in [0.1, 0.15) is 52.9 Å². The van der Waals surface area contributed by atoms with Gasteiger partial charge in [-0.15, -0.1) is 0 Å². The number of unbranched alkanes of at least 4 members (excludes halogenated alkanes) is 1. The van der Waals surface area contributed by atoms with Crippen molar-refractivity contribution in [3.63, 3.8) is 0 Å². The first kappa shape index (κ1) is 21.4. The van der Waals surface area contributed by atoms with Crippen molar-refractivity contribution in [2.24, 2.45) is 5.92 Å². The molecule has 1 N–H and O–H groups in total. The number of carbonyl (C=O) groups is 1. The van der Waals surface area contributed by atoms with Gasteiger partial charge in [-0.05, 0) is 52.2 Å². The summed E-state index contributed by atoms with van der Waals surface area (Å²) in [5.74, 6) is 0.173. The molecule has 0 spiro atoms. The molecule has 1 aliphatic heterocycles. The maximum atomic E-state index is 12.2. The van der Waals surface area contributed by atoms with Gasteiger partial charge in [-0.2, -0.15) is 0 Å². The van der Waals surface area contributed by atoms with E-state index < -0.39 is 10.0 Å². The van der Waals surface area contributed by atoms with E-state index >= 15 is 0 Å². The Bertz CT molecular complexity index is 460. The molecule has 1 amide bonds. The minimum Gasteiger partial charge on any atom is -0.356 e. The first-order valence-corrected chi connectivity index (χ1v) is 11.0. The number of amides is 1. The average molecular weight is 362 g/mol. The van der Waals surface area contributed by atoms with Gasteiger partial charge in [0.25, 0.3) is 0 Å². The largest absolute Gasteiger partial charge is 0.356 e. The molecule has 0 aromatic rings. The first-order valence-electron chi connectivity index (χ1n) is 9.42. The van der Waals surface area contributed by atoms with Gasteiger partial charge in [0.15, 0.2) is 0 Å². The number of nitrogens with zero attached hydrogens (tertiary/aromatic N) is 2. The van der Waals surface area contributed by atoms with Crippen molar-refractivity contribution in [2.45, 2.75) is 52.9 Å². The van der Waals surface area contributed by atoms with Gasteiger partial charge in [0.05, 0.1) is 5.75 Å². The van der Waals surface area contributed by atoms with Crippen molar-refractivity contribution in [1.29, 1.82) is 0 Å². The minimum atomic E-state index is -3.12. The second-order valence-corrected chi connectivity index (χ2v) is 8.76.